The number of hydrogen-bond acceptors (Lipinski definition) is 7. The predicted octanol–water partition coefficient (Wildman–Crippen LogP) is 3.57. The van der Waals surface area contributed by atoms with Crippen LogP contribution in [0.1, 0.15) is 49.9 Å². The lowest BCUT2D eigenvalue weighted by molar-refractivity contribution is -0.145. The van der Waals surface area contributed by atoms with Gasteiger partial charge in [0.05, 0.1) is 24.7 Å². The van der Waals surface area contributed by atoms with Gasteiger partial charge in [-0.3, -0.25) is 14.6 Å². The van der Waals surface area contributed by atoms with Crippen LogP contribution >= 0.6 is 0 Å². The second-order valence-corrected chi connectivity index (χ2v) is 11.0. The SMILES string of the molecule is CCN(CCNC(=O)CN(CC(=O)N(C)N1Cc2ccc(F)cc2C1)c1cc(C#N)ccc1C)C(=O)OC(C)(C)C. The van der Waals surface area contributed by atoms with Crippen LogP contribution < -0.4 is 10.2 Å². The Labute approximate surface area is 241 Å². The number of nitrogens with zero attached hydrogens (tertiary/aromatic N) is 5. The van der Waals surface area contributed by atoms with E-state index in [1.807, 2.05) is 18.9 Å². The number of rotatable bonds is 10. The van der Waals surface area contributed by atoms with Gasteiger partial charge in [0.2, 0.25) is 5.91 Å². The monoisotopic (exact) mass is 566 g/mol. The third-order valence-electron chi connectivity index (χ3n) is 6.74. The van der Waals surface area contributed by atoms with Gasteiger partial charge >= 0.3 is 6.09 Å². The maximum atomic E-state index is 13.7. The zero-order valence-electron chi connectivity index (χ0n) is 24.7. The Balaban J connectivity index is 1.68. The third-order valence-corrected chi connectivity index (χ3v) is 6.74. The van der Waals surface area contributed by atoms with Crippen LogP contribution in [0.15, 0.2) is 36.4 Å². The van der Waals surface area contributed by atoms with Gasteiger partial charge < -0.3 is 19.9 Å². The molecule has 0 atom stereocenters. The molecule has 0 unspecified atom stereocenters. The van der Waals surface area contributed by atoms with Crippen LogP contribution in [0.4, 0.5) is 14.9 Å². The molecule has 2 aromatic rings. The molecular weight excluding hydrogens is 527 g/mol. The minimum absolute atomic E-state index is 0.125. The molecular formula is C30H39FN6O4. The molecule has 1 heterocycles. The smallest absolute Gasteiger partial charge is 0.410 e. The Morgan fingerprint density at radius 2 is 1.80 bits per heavy atom. The van der Waals surface area contributed by atoms with Crippen molar-refractivity contribution in [1.29, 1.82) is 5.26 Å². The van der Waals surface area contributed by atoms with Crippen LogP contribution in [0, 0.1) is 24.1 Å². The van der Waals surface area contributed by atoms with Crippen LogP contribution in [0.3, 0.4) is 0 Å². The average Bonchev–Trinajstić information content (AvgIpc) is 3.32. The number of hydrazine groups is 1. The maximum absolute atomic E-state index is 13.7. The molecule has 0 saturated heterocycles. The van der Waals surface area contributed by atoms with Crippen molar-refractivity contribution in [3.05, 3.63) is 64.5 Å². The summed E-state index contributed by atoms with van der Waals surface area (Å²) >= 11 is 0. The third kappa shape index (κ3) is 8.66. The number of ether oxygens (including phenoxy) is 1. The fraction of sp³-hybridized carbons (Fsp3) is 0.467. The molecule has 1 N–H and O–H groups in total. The molecule has 0 aliphatic carbocycles. The van der Waals surface area contributed by atoms with Crippen LogP contribution in [0.2, 0.25) is 0 Å². The molecule has 10 nitrogen and oxygen atoms in total. The van der Waals surface area contributed by atoms with E-state index in [9.17, 15) is 24.0 Å². The van der Waals surface area contributed by atoms with Crippen molar-refractivity contribution in [1.82, 2.24) is 20.2 Å². The number of benzene rings is 2. The molecule has 1 aliphatic heterocycles. The topological polar surface area (TPSA) is 109 Å². The maximum Gasteiger partial charge on any atom is 0.410 e. The fourth-order valence-corrected chi connectivity index (χ4v) is 4.49. The quantitative estimate of drug-likeness (QED) is 0.468. The molecule has 0 fully saturated rings. The van der Waals surface area contributed by atoms with Crippen LogP contribution in [-0.4, -0.2) is 78.2 Å². The van der Waals surface area contributed by atoms with Gasteiger partial charge in [0, 0.05) is 45.5 Å². The molecule has 0 bridgehead atoms. The van der Waals surface area contributed by atoms with Crippen molar-refractivity contribution >= 4 is 23.6 Å². The molecule has 2 aromatic carbocycles. The van der Waals surface area contributed by atoms with Crippen LogP contribution in [-0.2, 0) is 27.4 Å². The van der Waals surface area contributed by atoms with E-state index in [-0.39, 0.29) is 43.8 Å². The Kier molecular flexibility index (Phi) is 10.3. The van der Waals surface area contributed by atoms with Crippen molar-refractivity contribution in [2.75, 3.05) is 44.7 Å². The van der Waals surface area contributed by atoms with Gasteiger partial charge in [0.15, 0.2) is 0 Å². The Morgan fingerprint density at radius 3 is 2.46 bits per heavy atom. The molecule has 3 amide bonds. The van der Waals surface area contributed by atoms with E-state index >= 15 is 0 Å². The number of fused-ring (bicyclic) bond motifs is 1. The second kappa shape index (κ2) is 13.5. The Morgan fingerprint density at radius 1 is 1.10 bits per heavy atom. The van der Waals surface area contributed by atoms with Gasteiger partial charge in [-0.25, -0.2) is 14.2 Å². The van der Waals surface area contributed by atoms with E-state index < -0.39 is 11.7 Å². The van der Waals surface area contributed by atoms with E-state index in [1.54, 1.807) is 57.0 Å². The molecule has 0 radical (unpaired) electrons. The fourth-order valence-electron chi connectivity index (χ4n) is 4.49. The van der Waals surface area contributed by atoms with E-state index in [0.717, 1.165) is 16.7 Å². The van der Waals surface area contributed by atoms with E-state index in [2.05, 4.69) is 11.4 Å². The summed E-state index contributed by atoms with van der Waals surface area (Å²) in [5.41, 5.74) is 2.95. The number of carbonyl (C=O) groups excluding carboxylic acids is 3. The highest BCUT2D eigenvalue weighted by atomic mass is 19.1. The van der Waals surface area contributed by atoms with Gasteiger partial charge in [-0.05, 0) is 75.6 Å². The van der Waals surface area contributed by atoms with E-state index in [0.29, 0.717) is 30.9 Å². The Hall–Kier alpha value is -4.17. The van der Waals surface area contributed by atoms with Crippen molar-refractivity contribution in [3.63, 3.8) is 0 Å². The van der Waals surface area contributed by atoms with E-state index in [4.69, 9.17) is 4.74 Å². The average molecular weight is 567 g/mol. The number of amides is 3. The highest BCUT2D eigenvalue weighted by Gasteiger charge is 2.28. The highest BCUT2D eigenvalue weighted by molar-refractivity contribution is 5.87. The number of carbonyl (C=O) groups is 3. The first kappa shape index (κ1) is 31.4. The predicted molar refractivity (Wildman–Crippen MR) is 153 cm³/mol. The molecule has 11 heteroatoms. The summed E-state index contributed by atoms with van der Waals surface area (Å²) in [7, 11) is 1.65. The lowest BCUT2D eigenvalue weighted by Gasteiger charge is -2.32. The number of nitriles is 1. The molecule has 3 rings (SSSR count). The second-order valence-electron chi connectivity index (χ2n) is 11.0. The lowest BCUT2D eigenvalue weighted by atomic mass is 10.1. The van der Waals surface area contributed by atoms with Crippen molar-refractivity contribution in [2.45, 2.75) is 53.3 Å². The summed E-state index contributed by atoms with van der Waals surface area (Å²) in [4.78, 5) is 42.0. The van der Waals surface area contributed by atoms with E-state index in [1.165, 1.54) is 22.0 Å². The minimum atomic E-state index is -0.627. The molecule has 0 saturated carbocycles. The minimum Gasteiger partial charge on any atom is -0.444 e. The summed E-state index contributed by atoms with van der Waals surface area (Å²) in [6.45, 7) is 10.5. The molecule has 0 aromatic heterocycles. The van der Waals surface area contributed by atoms with Gasteiger partial charge in [-0.15, -0.1) is 0 Å². The summed E-state index contributed by atoms with van der Waals surface area (Å²) in [6, 6.07) is 11.8. The van der Waals surface area contributed by atoms with Gasteiger partial charge in [-0.1, -0.05) is 12.1 Å². The zero-order chi connectivity index (χ0) is 30.3. The van der Waals surface area contributed by atoms with Gasteiger partial charge in [0.25, 0.3) is 5.91 Å². The first-order chi connectivity index (χ1) is 19.3. The van der Waals surface area contributed by atoms with Gasteiger partial charge in [0.1, 0.15) is 11.4 Å². The molecule has 41 heavy (non-hydrogen) atoms. The summed E-state index contributed by atoms with van der Waals surface area (Å²) in [5.74, 6) is -0.931. The summed E-state index contributed by atoms with van der Waals surface area (Å²) in [5, 5.41) is 15.6. The van der Waals surface area contributed by atoms with Crippen LogP contribution in [0.25, 0.3) is 0 Å². The zero-order valence-corrected chi connectivity index (χ0v) is 24.7. The molecule has 220 valence electrons. The Bertz CT molecular complexity index is 1320. The highest BCUT2D eigenvalue weighted by Crippen LogP contribution is 2.26. The first-order valence-corrected chi connectivity index (χ1v) is 13.6. The molecule has 0 spiro atoms. The number of hydrogen-bond donors (Lipinski definition) is 1. The number of likely N-dealkylation sites (N-methyl/N-ethyl adjacent to an activating group) is 2. The largest absolute Gasteiger partial charge is 0.444 e. The summed E-state index contributed by atoms with van der Waals surface area (Å²) in [6.07, 6.45) is -0.458. The van der Waals surface area contributed by atoms with Crippen molar-refractivity contribution < 1.29 is 23.5 Å². The van der Waals surface area contributed by atoms with Crippen LogP contribution in [0.5, 0.6) is 0 Å². The lowest BCUT2D eigenvalue weighted by Crippen LogP contribution is -2.48. The summed E-state index contributed by atoms with van der Waals surface area (Å²) < 4.78 is 19.1. The van der Waals surface area contributed by atoms with Crippen molar-refractivity contribution in [3.8, 4) is 6.07 Å². The first-order valence-electron chi connectivity index (χ1n) is 13.6. The van der Waals surface area contributed by atoms with Gasteiger partial charge in [-0.2, -0.15) is 5.26 Å². The van der Waals surface area contributed by atoms with Crippen molar-refractivity contribution in [2.24, 2.45) is 0 Å². The number of aryl methyl sites for hydroxylation is 1. The number of nitrogens with one attached hydrogen (secondary N) is 1. The molecule has 1 aliphatic rings. The number of anilines is 1. The normalized spacial score (nSPS) is 12.7. The standard InChI is InChI=1S/C30H39FN6O4/c1-7-35(29(40)41-30(3,4)5)13-12-33-27(38)19-36(26-14-22(16-32)9-8-21(26)2)20-28(39)34(6)37-17-23-10-11-25(31)15-24(23)18-37/h8-11,14-15H,7,12-13,17-20H2,1-6H3,(H,33,38). The number of halogens is 1.